The van der Waals surface area contributed by atoms with Crippen molar-refractivity contribution < 1.29 is 4.79 Å². The highest BCUT2D eigenvalue weighted by molar-refractivity contribution is 5.78. The molecule has 2 rings (SSSR count). The summed E-state index contributed by atoms with van der Waals surface area (Å²) in [6, 6.07) is 1.06. The Balaban J connectivity index is 1.66. The van der Waals surface area contributed by atoms with Crippen LogP contribution in [0.5, 0.6) is 0 Å². The Bertz CT molecular complexity index is 215. The summed E-state index contributed by atoms with van der Waals surface area (Å²) in [5.74, 6) is 0.198. The molecule has 0 radical (unpaired) electrons. The number of nitrogens with one attached hydrogen (secondary N) is 2. The number of nitrogens with zero attached hydrogens (tertiary/aromatic N) is 1. The quantitative estimate of drug-likeness (QED) is 0.642. The maximum absolute atomic E-state index is 11.5. The number of rotatable bonds is 4. The van der Waals surface area contributed by atoms with E-state index in [0.29, 0.717) is 18.6 Å². The molecule has 1 amide bonds. The second-order valence-electron chi connectivity index (χ2n) is 4.35. The Morgan fingerprint density at radius 2 is 2.14 bits per heavy atom. The molecular weight excluding hydrogens is 178 g/mol. The molecule has 0 aromatic heterocycles. The van der Waals surface area contributed by atoms with Crippen LogP contribution in [0.1, 0.15) is 19.3 Å². The lowest BCUT2D eigenvalue weighted by atomic mass is 10.3. The minimum atomic E-state index is 0.198. The molecule has 4 nitrogen and oxygen atoms in total. The van der Waals surface area contributed by atoms with E-state index in [9.17, 15) is 4.79 Å². The van der Waals surface area contributed by atoms with E-state index < -0.39 is 0 Å². The van der Waals surface area contributed by atoms with Crippen molar-refractivity contribution in [2.45, 2.75) is 31.3 Å². The van der Waals surface area contributed by atoms with Crippen LogP contribution in [0.3, 0.4) is 0 Å². The molecule has 1 saturated carbocycles. The largest absolute Gasteiger partial charge is 0.352 e. The van der Waals surface area contributed by atoms with Gasteiger partial charge in [-0.25, -0.2) is 0 Å². The molecule has 1 saturated heterocycles. The van der Waals surface area contributed by atoms with Gasteiger partial charge in [0.2, 0.25) is 5.91 Å². The summed E-state index contributed by atoms with van der Waals surface area (Å²) in [6.07, 6.45) is 3.50. The van der Waals surface area contributed by atoms with Gasteiger partial charge in [-0.15, -0.1) is 0 Å². The van der Waals surface area contributed by atoms with Crippen LogP contribution in [0.25, 0.3) is 0 Å². The second-order valence-corrected chi connectivity index (χ2v) is 4.35. The predicted molar refractivity (Wildman–Crippen MR) is 55.1 cm³/mol. The van der Waals surface area contributed by atoms with Gasteiger partial charge in [-0.3, -0.25) is 9.69 Å². The minimum absolute atomic E-state index is 0.198. The molecular formula is C10H19N3O. The van der Waals surface area contributed by atoms with Gasteiger partial charge in [0.15, 0.2) is 0 Å². The molecule has 0 spiro atoms. The number of likely N-dealkylation sites (tertiary alicyclic amines) is 1. The number of hydrogen-bond acceptors (Lipinski definition) is 3. The van der Waals surface area contributed by atoms with Gasteiger partial charge in [-0.05, 0) is 26.3 Å². The summed E-state index contributed by atoms with van der Waals surface area (Å²) in [4.78, 5) is 13.7. The molecule has 1 unspecified atom stereocenters. The summed E-state index contributed by atoms with van der Waals surface area (Å²) < 4.78 is 0. The van der Waals surface area contributed by atoms with E-state index in [0.717, 1.165) is 19.5 Å². The third-order valence-electron chi connectivity index (χ3n) is 2.99. The molecule has 1 atom stereocenters. The normalized spacial score (nSPS) is 27.9. The third-order valence-corrected chi connectivity index (χ3v) is 2.99. The highest BCUT2D eigenvalue weighted by Gasteiger charge is 2.26. The number of amides is 1. The number of hydrogen-bond donors (Lipinski definition) is 2. The molecule has 0 bridgehead atoms. The zero-order chi connectivity index (χ0) is 9.97. The molecule has 1 heterocycles. The second kappa shape index (κ2) is 4.28. The summed E-state index contributed by atoms with van der Waals surface area (Å²) in [5, 5.41) is 6.26. The van der Waals surface area contributed by atoms with E-state index >= 15 is 0 Å². The van der Waals surface area contributed by atoms with Crippen molar-refractivity contribution >= 4 is 5.91 Å². The van der Waals surface area contributed by atoms with Crippen molar-refractivity contribution in [2.75, 3.05) is 26.7 Å². The van der Waals surface area contributed by atoms with Crippen LogP contribution >= 0.6 is 0 Å². The molecule has 1 aliphatic heterocycles. The van der Waals surface area contributed by atoms with Gasteiger partial charge in [0, 0.05) is 25.2 Å². The van der Waals surface area contributed by atoms with Gasteiger partial charge in [-0.1, -0.05) is 0 Å². The fraction of sp³-hybridized carbons (Fsp3) is 0.900. The van der Waals surface area contributed by atoms with Crippen molar-refractivity contribution in [1.29, 1.82) is 0 Å². The van der Waals surface area contributed by atoms with Gasteiger partial charge in [-0.2, -0.15) is 0 Å². The molecule has 2 N–H and O–H groups in total. The smallest absolute Gasteiger partial charge is 0.234 e. The molecule has 2 aliphatic rings. The lowest BCUT2D eigenvalue weighted by Gasteiger charge is -2.15. The van der Waals surface area contributed by atoms with Gasteiger partial charge >= 0.3 is 0 Å². The van der Waals surface area contributed by atoms with Crippen molar-refractivity contribution in [3.63, 3.8) is 0 Å². The van der Waals surface area contributed by atoms with Gasteiger partial charge in [0.1, 0.15) is 0 Å². The highest BCUT2D eigenvalue weighted by atomic mass is 16.2. The SMILES string of the molecule is CNC1CCN(CC(=O)NC2CC2)C1. The zero-order valence-electron chi connectivity index (χ0n) is 8.75. The monoisotopic (exact) mass is 197 g/mol. The van der Waals surface area contributed by atoms with Crippen LogP contribution in [-0.4, -0.2) is 49.6 Å². The van der Waals surface area contributed by atoms with Crippen LogP contribution in [0.2, 0.25) is 0 Å². The summed E-state index contributed by atoms with van der Waals surface area (Å²) >= 11 is 0. The number of carbonyl (C=O) groups excluding carboxylic acids is 1. The van der Waals surface area contributed by atoms with E-state index in [4.69, 9.17) is 0 Å². The topological polar surface area (TPSA) is 44.4 Å². The first-order valence-corrected chi connectivity index (χ1v) is 5.47. The van der Waals surface area contributed by atoms with Gasteiger partial charge in [0.05, 0.1) is 6.54 Å². The van der Waals surface area contributed by atoms with Crippen molar-refractivity contribution in [3.05, 3.63) is 0 Å². The van der Waals surface area contributed by atoms with Gasteiger partial charge in [0.25, 0.3) is 0 Å². The summed E-state index contributed by atoms with van der Waals surface area (Å²) in [6.45, 7) is 2.63. The first kappa shape index (κ1) is 9.93. The van der Waals surface area contributed by atoms with Crippen LogP contribution in [0.4, 0.5) is 0 Å². The molecule has 1 aliphatic carbocycles. The Kier molecular flexibility index (Phi) is 3.03. The zero-order valence-corrected chi connectivity index (χ0v) is 8.75. The fourth-order valence-corrected chi connectivity index (χ4v) is 1.92. The molecule has 0 aromatic rings. The predicted octanol–water partition coefficient (Wildman–Crippen LogP) is -0.441. The Morgan fingerprint density at radius 1 is 1.36 bits per heavy atom. The van der Waals surface area contributed by atoms with E-state index in [1.165, 1.54) is 12.8 Å². The fourth-order valence-electron chi connectivity index (χ4n) is 1.92. The standard InChI is InChI=1S/C10H19N3O/c1-11-9-4-5-13(6-9)7-10(14)12-8-2-3-8/h8-9,11H,2-7H2,1H3,(H,12,14). The van der Waals surface area contributed by atoms with Crippen LogP contribution < -0.4 is 10.6 Å². The average molecular weight is 197 g/mol. The Morgan fingerprint density at radius 3 is 2.71 bits per heavy atom. The Hall–Kier alpha value is -0.610. The third kappa shape index (κ3) is 2.69. The van der Waals surface area contributed by atoms with Crippen molar-refractivity contribution in [2.24, 2.45) is 0 Å². The van der Waals surface area contributed by atoms with Crippen LogP contribution in [-0.2, 0) is 4.79 Å². The van der Waals surface area contributed by atoms with Gasteiger partial charge < -0.3 is 10.6 Å². The average Bonchev–Trinajstić information content (AvgIpc) is 2.83. The highest BCUT2D eigenvalue weighted by Crippen LogP contribution is 2.18. The van der Waals surface area contributed by atoms with E-state index in [1.54, 1.807) is 0 Å². The molecule has 0 aromatic carbocycles. The lowest BCUT2D eigenvalue weighted by molar-refractivity contribution is -0.122. The molecule has 14 heavy (non-hydrogen) atoms. The summed E-state index contributed by atoms with van der Waals surface area (Å²) in [7, 11) is 1.98. The van der Waals surface area contributed by atoms with Crippen LogP contribution in [0, 0.1) is 0 Å². The van der Waals surface area contributed by atoms with E-state index in [1.807, 2.05) is 7.05 Å². The molecule has 4 heteroatoms. The molecule has 2 fully saturated rings. The summed E-state index contributed by atoms with van der Waals surface area (Å²) in [5.41, 5.74) is 0. The van der Waals surface area contributed by atoms with E-state index in [2.05, 4.69) is 15.5 Å². The van der Waals surface area contributed by atoms with Crippen molar-refractivity contribution in [3.8, 4) is 0 Å². The maximum Gasteiger partial charge on any atom is 0.234 e. The minimum Gasteiger partial charge on any atom is -0.352 e. The first-order valence-electron chi connectivity index (χ1n) is 5.47. The van der Waals surface area contributed by atoms with E-state index in [-0.39, 0.29) is 5.91 Å². The maximum atomic E-state index is 11.5. The number of carbonyl (C=O) groups is 1. The van der Waals surface area contributed by atoms with Crippen LogP contribution in [0.15, 0.2) is 0 Å². The first-order chi connectivity index (χ1) is 6.78. The Labute approximate surface area is 85.0 Å². The lowest BCUT2D eigenvalue weighted by Crippen LogP contribution is -2.38. The van der Waals surface area contributed by atoms with Crippen molar-refractivity contribution in [1.82, 2.24) is 15.5 Å². The number of likely N-dealkylation sites (N-methyl/N-ethyl adjacent to an activating group) is 1. The molecule has 80 valence electrons.